The molecule has 1 aromatic carbocycles. The predicted molar refractivity (Wildman–Crippen MR) is 90.1 cm³/mol. The van der Waals surface area contributed by atoms with E-state index in [1.165, 1.54) is 11.3 Å². The lowest BCUT2D eigenvalue weighted by Crippen LogP contribution is -2.33. The molecule has 0 saturated carbocycles. The van der Waals surface area contributed by atoms with Gasteiger partial charge in [0.2, 0.25) is 5.78 Å². The van der Waals surface area contributed by atoms with Crippen LogP contribution in [0, 0.1) is 0 Å². The third-order valence-electron chi connectivity index (χ3n) is 3.69. The number of benzene rings is 1. The standard InChI is InChI=1S/C16H14Cl2O4S/c1-20-16(21-2)10-7-8-6-9(12(17)13(18)15(8)22-10)14(19)11-4-3-5-23-11/h3-6,10,16H,7H2,1-2H3. The Balaban J connectivity index is 1.97. The summed E-state index contributed by atoms with van der Waals surface area (Å²) >= 11 is 14.0. The van der Waals surface area contributed by atoms with Crippen LogP contribution in [0.3, 0.4) is 0 Å². The fourth-order valence-corrected chi connectivity index (χ4v) is 3.78. The van der Waals surface area contributed by atoms with Crippen LogP contribution in [-0.2, 0) is 15.9 Å². The fourth-order valence-electron chi connectivity index (χ4n) is 2.61. The average molecular weight is 373 g/mol. The number of methoxy groups -OCH3 is 2. The van der Waals surface area contributed by atoms with E-state index in [1.54, 1.807) is 26.4 Å². The largest absolute Gasteiger partial charge is 0.483 e. The van der Waals surface area contributed by atoms with Gasteiger partial charge in [0.15, 0.2) is 12.4 Å². The van der Waals surface area contributed by atoms with Crippen LogP contribution in [0.2, 0.25) is 10.0 Å². The van der Waals surface area contributed by atoms with Gasteiger partial charge in [0.1, 0.15) is 10.8 Å². The Kier molecular flexibility index (Phi) is 4.94. The first-order chi connectivity index (χ1) is 11.1. The highest BCUT2D eigenvalue weighted by Gasteiger charge is 2.34. The number of hydrogen-bond acceptors (Lipinski definition) is 5. The van der Waals surface area contributed by atoms with Gasteiger partial charge < -0.3 is 14.2 Å². The molecule has 23 heavy (non-hydrogen) atoms. The number of rotatable bonds is 5. The molecule has 1 aliphatic heterocycles. The molecule has 0 bridgehead atoms. The summed E-state index contributed by atoms with van der Waals surface area (Å²) in [6.07, 6.45) is -0.321. The van der Waals surface area contributed by atoms with Crippen LogP contribution in [-0.4, -0.2) is 32.4 Å². The summed E-state index contributed by atoms with van der Waals surface area (Å²) in [6, 6.07) is 5.32. The van der Waals surface area contributed by atoms with Gasteiger partial charge in [-0.2, -0.15) is 0 Å². The molecule has 0 spiro atoms. The molecule has 1 unspecified atom stereocenters. The monoisotopic (exact) mass is 372 g/mol. The topological polar surface area (TPSA) is 44.8 Å². The van der Waals surface area contributed by atoms with E-state index in [1.807, 2.05) is 11.4 Å². The number of carbonyl (C=O) groups excluding carboxylic acids is 1. The Morgan fingerprint density at radius 2 is 2.09 bits per heavy atom. The second-order valence-corrected chi connectivity index (χ2v) is 6.75. The van der Waals surface area contributed by atoms with Crippen molar-refractivity contribution in [3.05, 3.63) is 49.6 Å². The molecular weight excluding hydrogens is 359 g/mol. The first-order valence-electron chi connectivity index (χ1n) is 6.88. The lowest BCUT2D eigenvalue weighted by atomic mass is 10.0. The summed E-state index contributed by atoms with van der Waals surface area (Å²) in [5, 5.41) is 2.30. The van der Waals surface area contributed by atoms with Crippen LogP contribution >= 0.6 is 34.5 Å². The molecule has 7 heteroatoms. The number of ether oxygens (including phenoxy) is 3. The van der Waals surface area contributed by atoms with Gasteiger partial charge in [0.25, 0.3) is 0 Å². The van der Waals surface area contributed by atoms with Gasteiger partial charge in [-0.05, 0) is 17.5 Å². The zero-order chi connectivity index (χ0) is 16.6. The number of ketones is 1. The smallest absolute Gasteiger partial charge is 0.204 e. The van der Waals surface area contributed by atoms with E-state index >= 15 is 0 Å². The minimum atomic E-state index is -0.520. The van der Waals surface area contributed by atoms with E-state index in [2.05, 4.69) is 0 Å². The van der Waals surface area contributed by atoms with Crippen LogP contribution in [0.5, 0.6) is 5.75 Å². The van der Waals surface area contributed by atoms with Crippen molar-refractivity contribution in [3.8, 4) is 5.75 Å². The summed E-state index contributed by atoms with van der Waals surface area (Å²) in [5.74, 6) is 0.344. The van der Waals surface area contributed by atoms with Gasteiger partial charge in [-0.25, -0.2) is 0 Å². The molecular formula is C16H14Cl2O4S. The predicted octanol–water partition coefficient (Wildman–Crippen LogP) is 4.21. The van der Waals surface area contributed by atoms with Crippen molar-refractivity contribution in [1.29, 1.82) is 0 Å². The van der Waals surface area contributed by atoms with Gasteiger partial charge in [-0.15, -0.1) is 11.3 Å². The Hall–Kier alpha value is -1.11. The molecule has 3 rings (SSSR count). The normalized spacial score (nSPS) is 16.5. The van der Waals surface area contributed by atoms with Crippen LogP contribution in [0.25, 0.3) is 0 Å². The lowest BCUT2D eigenvalue weighted by molar-refractivity contribution is -0.151. The van der Waals surface area contributed by atoms with Crippen molar-refractivity contribution in [2.75, 3.05) is 14.2 Å². The molecule has 0 amide bonds. The zero-order valence-corrected chi connectivity index (χ0v) is 14.8. The fraction of sp³-hybridized carbons (Fsp3) is 0.312. The minimum absolute atomic E-state index is 0.145. The van der Waals surface area contributed by atoms with Crippen molar-refractivity contribution in [1.82, 2.24) is 0 Å². The van der Waals surface area contributed by atoms with Gasteiger partial charge in [0, 0.05) is 31.8 Å². The van der Waals surface area contributed by atoms with Gasteiger partial charge in [-0.1, -0.05) is 29.3 Å². The quantitative estimate of drug-likeness (QED) is 0.582. The highest BCUT2D eigenvalue weighted by atomic mass is 35.5. The first-order valence-corrected chi connectivity index (χ1v) is 8.51. The maximum absolute atomic E-state index is 12.6. The minimum Gasteiger partial charge on any atom is -0.483 e. The molecule has 0 aliphatic carbocycles. The molecule has 0 radical (unpaired) electrons. The van der Waals surface area contributed by atoms with E-state index in [-0.39, 0.29) is 21.9 Å². The molecule has 4 nitrogen and oxygen atoms in total. The molecule has 0 saturated heterocycles. The zero-order valence-electron chi connectivity index (χ0n) is 12.5. The highest BCUT2D eigenvalue weighted by molar-refractivity contribution is 7.12. The third kappa shape index (κ3) is 2.99. The SMILES string of the molecule is COC(OC)C1Cc2cc(C(=O)c3cccs3)c(Cl)c(Cl)c2O1. The number of fused-ring (bicyclic) bond motifs is 1. The second kappa shape index (κ2) is 6.79. The molecule has 0 N–H and O–H groups in total. The van der Waals surface area contributed by atoms with Crippen molar-refractivity contribution < 1.29 is 19.0 Å². The van der Waals surface area contributed by atoms with E-state index in [0.29, 0.717) is 22.6 Å². The van der Waals surface area contributed by atoms with Gasteiger partial charge in [-0.3, -0.25) is 4.79 Å². The maximum atomic E-state index is 12.6. The number of halogens is 2. The number of thiophene rings is 1. The molecule has 1 atom stereocenters. The summed E-state index contributed by atoms with van der Waals surface area (Å²) in [5.41, 5.74) is 1.21. The molecule has 2 heterocycles. The molecule has 2 aromatic rings. The van der Waals surface area contributed by atoms with E-state index in [4.69, 9.17) is 37.4 Å². The van der Waals surface area contributed by atoms with Crippen molar-refractivity contribution in [2.24, 2.45) is 0 Å². The summed E-state index contributed by atoms with van der Waals surface area (Å²) in [7, 11) is 3.09. The van der Waals surface area contributed by atoms with Crippen molar-refractivity contribution in [2.45, 2.75) is 18.8 Å². The van der Waals surface area contributed by atoms with Crippen molar-refractivity contribution >= 4 is 40.3 Å². The third-order valence-corrected chi connectivity index (χ3v) is 5.41. The average Bonchev–Trinajstić information content (AvgIpc) is 3.21. The maximum Gasteiger partial charge on any atom is 0.204 e. The van der Waals surface area contributed by atoms with Crippen molar-refractivity contribution in [3.63, 3.8) is 0 Å². The molecule has 1 aliphatic rings. The van der Waals surface area contributed by atoms with Gasteiger partial charge >= 0.3 is 0 Å². The van der Waals surface area contributed by atoms with Crippen LogP contribution in [0.1, 0.15) is 20.8 Å². The molecule has 1 aromatic heterocycles. The Bertz CT molecular complexity index is 726. The van der Waals surface area contributed by atoms with Crippen LogP contribution in [0.15, 0.2) is 23.6 Å². The molecule has 0 fully saturated rings. The second-order valence-electron chi connectivity index (χ2n) is 5.05. The van der Waals surface area contributed by atoms with Crippen LogP contribution in [0.4, 0.5) is 0 Å². The van der Waals surface area contributed by atoms with E-state index in [0.717, 1.165) is 5.56 Å². The summed E-state index contributed by atoms with van der Waals surface area (Å²) in [4.78, 5) is 13.2. The Morgan fingerprint density at radius 1 is 1.35 bits per heavy atom. The Morgan fingerprint density at radius 3 is 2.70 bits per heavy atom. The van der Waals surface area contributed by atoms with Gasteiger partial charge in [0.05, 0.1) is 9.90 Å². The van der Waals surface area contributed by atoms with E-state index < -0.39 is 6.29 Å². The van der Waals surface area contributed by atoms with E-state index in [9.17, 15) is 4.79 Å². The number of hydrogen-bond donors (Lipinski definition) is 0. The van der Waals surface area contributed by atoms with Crippen LogP contribution < -0.4 is 4.74 Å². The Labute approximate surface area is 147 Å². The summed E-state index contributed by atoms with van der Waals surface area (Å²) in [6.45, 7) is 0. The number of carbonyl (C=O) groups is 1. The summed E-state index contributed by atoms with van der Waals surface area (Å²) < 4.78 is 16.3. The first kappa shape index (κ1) is 16.7. The lowest BCUT2D eigenvalue weighted by Gasteiger charge is -2.20. The molecule has 122 valence electrons. The highest BCUT2D eigenvalue weighted by Crippen LogP contribution is 2.43.